The largest absolute Gasteiger partial charge is 0.361 e. The lowest BCUT2D eigenvalue weighted by molar-refractivity contribution is 0.0920. The maximum Gasteiger partial charge on any atom is 0.273 e. The first kappa shape index (κ1) is 14.4. The summed E-state index contributed by atoms with van der Waals surface area (Å²) in [5.74, 6) is -0.293. The van der Waals surface area contributed by atoms with Crippen LogP contribution in [-0.4, -0.2) is 40.3 Å². The molecule has 0 radical (unpaired) electrons. The second-order valence-corrected chi connectivity index (χ2v) is 4.14. The van der Waals surface area contributed by atoms with Gasteiger partial charge in [-0.25, -0.2) is 5.10 Å². The van der Waals surface area contributed by atoms with Crippen molar-refractivity contribution in [3.05, 3.63) is 45.7 Å². The number of nitrogens with one attached hydrogen (secondary N) is 3. The molecule has 0 aromatic carbocycles. The third-order valence-electron chi connectivity index (χ3n) is 2.47. The van der Waals surface area contributed by atoms with Gasteiger partial charge in [-0.3, -0.25) is 14.4 Å². The smallest absolute Gasteiger partial charge is 0.273 e. The maximum absolute atomic E-state index is 11.6. The van der Waals surface area contributed by atoms with Gasteiger partial charge in [0.25, 0.3) is 17.4 Å². The molecule has 0 saturated carbocycles. The van der Waals surface area contributed by atoms with E-state index in [2.05, 4.69) is 26.0 Å². The van der Waals surface area contributed by atoms with Gasteiger partial charge in [0.2, 0.25) is 0 Å². The zero-order chi connectivity index (χ0) is 15.2. The van der Waals surface area contributed by atoms with E-state index in [0.29, 0.717) is 5.76 Å². The van der Waals surface area contributed by atoms with Crippen LogP contribution >= 0.6 is 0 Å². The highest BCUT2D eigenvalue weighted by molar-refractivity contribution is 5.93. The van der Waals surface area contributed by atoms with Crippen LogP contribution in [0.4, 0.5) is 0 Å². The summed E-state index contributed by atoms with van der Waals surface area (Å²) in [6.45, 7) is 2.11. The lowest BCUT2D eigenvalue weighted by Crippen LogP contribution is -2.35. The zero-order valence-electron chi connectivity index (χ0n) is 11.2. The normalized spacial score (nSPS) is 10.1. The van der Waals surface area contributed by atoms with Gasteiger partial charge < -0.3 is 15.2 Å². The lowest BCUT2D eigenvalue weighted by atomic mass is 10.3. The summed E-state index contributed by atoms with van der Waals surface area (Å²) < 4.78 is 4.78. The van der Waals surface area contributed by atoms with Crippen molar-refractivity contribution in [1.82, 2.24) is 26.0 Å². The molecule has 0 aliphatic carbocycles. The van der Waals surface area contributed by atoms with Gasteiger partial charge in [0, 0.05) is 25.2 Å². The SMILES string of the molecule is Cc1cc(C(=O)NCCNC(=O)c2ccc(=O)[nH]n2)no1. The lowest BCUT2D eigenvalue weighted by Gasteiger charge is -2.05. The number of carbonyl (C=O) groups excluding carboxylic acids is 2. The van der Waals surface area contributed by atoms with E-state index in [4.69, 9.17) is 4.52 Å². The summed E-state index contributed by atoms with van der Waals surface area (Å²) in [4.78, 5) is 34.1. The number of aromatic nitrogens is 3. The number of nitrogens with zero attached hydrogens (tertiary/aromatic N) is 2. The number of hydrogen-bond acceptors (Lipinski definition) is 6. The van der Waals surface area contributed by atoms with E-state index in [1.165, 1.54) is 18.2 Å². The second kappa shape index (κ2) is 6.46. The van der Waals surface area contributed by atoms with E-state index in [1.807, 2.05) is 0 Å². The van der Waals surface area contributed by atoms with Crippen LogP contribution in [0.1, 0.15) is 26.7 Å². The van der Waals surface area contributed by atoms with Crippen molar-refractivity contribution in [2.75, 3.05) is 13.1 Å². The molecule has 21 heavy (non-hydrogen) atoms. The fraction of sp³-hybridized carbons (Fsp3) is 0.250. The Morgan fingerprint density at radius 1 is 1.19 bits per heavy atom. The van der Waals surface area contributed by atoms with Crippen molar-refractivity contribution in [2.24, 2.45) is 0 Å². The van der Waals surface area contributed by atoms with Crippen LogP contribution in [0.5, 0.6) is 0 Å². The molecule has 2 aromatic heterocycles. The number of carbonyl (C=O) groups is 2. The first-order valence-electron chi connectivity index (χ1n) is 6.12. The predicted octanol–water partition coefficient (Wildman–Crippen LogP) is -0.774. The average Bonchev–Trinajstić information content (AvgIpc) is 2.90. The van der Waals surface area contributed by atoms with Crippen molar-refractivity contribution in [1.29, 1.82) is 0 Å². The van der Waals surface area contributed by atoms with Gasteiger partial charge in [-0.2, -0.15) is 5.10 Å². The zero-order valence-corrected chi connectivity index (χ0v) is 11.2. The molecule has 3 N–H and O–H groups in total. The van der Waals surface area contributed by atoms with Gasteiger partial charge in [0.05, 0.1) is 0 Å². The van der Waals surface area contributed by atoms with Gasteiger partial charge in [-0.15, -0.1) is 0 Å². The topological polar surface area (TPSA) is 130 Å². The van der Waals surface area contributed by atoms with Crippen LogP contribution in [0.15, 0.2) is 27.5 Å². The molecular formula is C12H13N5O4. The first-order valence-corrected chi connectivity index (χ1v) is 6.12. The molecule has 0 bridgehead atoms. The minimum Gasteiger partial charge on any atom is -0.361 e. The van der Waals surface area contributed by atoms with Crippen LogP contribution < -0.4 is 16.2 Å². The molecule has 2 heterocycles. The fourth-order valence-corrected chi connectivity index (χ4v) is 1.48. The molecule has 9 nitrogen and oxygen atoms in total. The highest BCUT2D eigenvalue weighted by atomic mass is 16.5. The van der Waals surface area contributed by atoms with E-state index >= 15 is 0 Å². The predicted molar refractivity (Wildman–Crippen MR) is 70.8 cm³/mol. The number of aryl methyl sites for hydroxylation is 1. The Kier molecular flexibility index (Phi) is 4.44. The molecule has 0 atom stereocenters. The van der Waals surface area contributed by atoms with Crippen LogP contribution in [0.3, 0.4) is 0 Å². The third-order valence-corrected chi connectivity index (χ3v) is 2.47. The Labute approximate surface area is 118 Å². The minimum absolute atomic E-state index is 0.0908. The Morgan fingerprint density at radius 3 is 2.38 bits per heavy atom. The molecule has 9 heteroatoms. The van der Waals surface area contributed by atoms with Gasteiger partial charge in [-0.1, -0.05) is 5.16 Å². The van der Waals surface area contributed by atoms with Crippen molar-refractivity contribution >= 4 is 11.8 Å². The van der Waals surface area contributed by atoms with Crippen LogP contribution in [0.25, 0.3) is 0 Å². The Bertz CT molecular complexity index is 685. The molecule has 0 aliphatic rings. The Hall–Kier alpha value is -2.97. The van der Waals surface area contributed by atoms with E-state index < -0.39 is 5.91 Å². The van der Waals surface area contributed by atoms with E-state index in [-0.39, 0.29) is 35.9 Å². The van der Waals surface area contributed by atoms with Crippen molar-refractivity contribution in [3.8, 4) is 0 Å². The van der Waals surface area contributed by atoms with Gasteiger partial charge in [0.15, 0.2) is 5.69 Å². The van der Waals surface area contributed by atoms with Crippen LogP contribution in [0, 0.1) is 6.92 Å². The van der Waals surface area contributed by atoms with E-state index in [0.717, 1.165) is 0 Å². The molecule has 0 spiro atoms. The number of rotatable bonds is 5. The highest BCUT2D eigenvalue weighted by Crippen LogP contribution is 2.00. The first-order chi connectivity index (χ1) is 10.1. The number of amides is 2. The summed E-state index contributed by atoms with van der Waals surface area (Å²) in [5.41, 5.74) is -0.115. The molecule has 0 aliphatic heterocycles. The van der Waals surface area contributed by atoms with Crippen molar-refractivity contribution in [2.45, 2.75) is 6.92 Å². The average molecular weight is 291 g/mol. The molecule has 2 aromatic rings. The Balaban J connectivity index is 1.74. The molecule has 2 amide bonds. The molecule has 0 unspecified atom stereocenters. The van der Waals surface area contributed by atoms with Crippen LogP contribution in [-0.2, 0) is 0 Å². The summed E-state index contributed by atoms with van der Waals surface area (Å²) in [6, 6.07) is 4.03. The summed E-state index contributed by atoms with van der Waals surface area (Å²) in [5, 5.41) is 14.4. The fourth-order valence-electron chi connectivity index (χ4n) is 1.48. The molecule has 110 valence electrons. The second-order valence-electron chi connectivity index (χ2n) is 4.14. The highest BCUT2D eigenvalue weighted by Gasteiger charge is 2.10. The summed E-state index contributed by atoms with van der Waals surface area (Å²) in [7, 11) is 0. The number of aromatic amines is 1. The van der Waals surface area contributed by atoms with Crippen LogP contribution in [0.2, 0.25) is 0 Å². The standard InChI is InChI=1S/C12H13N5O4/c1-7-6-9(17-21-7)12(20)14-5-4-13-11(19)8-2-3-10(18)16-15-8/h2-3,6H,4-5H2,1H3,(H,13,19)(H,14,20)(H,16,18). The van der Waals surface area contributed by atoms with E-state index in [9.17, 15) is 14.4 Å². The molecule has 0 saturated heterocycles. The van der Waals surface area contributed by atoms with Crippen molar-refractivity contribution in [3.63, 3.8) is 0 Å². The van der Waals surface area contributed by atoms with Gasteiger partial charge in [0.1, 0.15) is 11.5 Å². The molecule has 2 rings (SSSR count). The Morgan fingerprint density at radius 2 is 1.86 bits per heavy atom. The number of H-pyrrole nitrogens is 1. The van der Waals surface area contributed by atoms with E-state index in [1.54, 1.807) is 6.92 Å². The minimum atomic E-state index is -0.447. The summed E-state index contributed by atoms with van der Waals surface area (Å²) in [6.07, 6.45) is 0. The summed E-state index contributed by atoms with van der Waals surface area (Å²) >= 11 is 0. The maximum atomic E-state index is 11.6. The monoisotopic (exact) mass is 291 g/mol. The molecule has 0 fully saturated rings. The van der Waals surface area contributed by atoms with Crippen molar-refractivity contribution < 1.29 is 14.1 Å². The quantitative estimate of drug-likeness (QED) is 0.620. The number of hydrogen-bond donors (Lipinski definition) is 3. The van der Waals surface area contributed by atoms with Gasteiger partial charge >= 0.3 is 0 Å². The third kappa shape index (κ3) is 4.00. The molecular weight excluding hydrogens is 278 g/mol. The van der Waals surface area contributed by atoms with Gasteiger partial charge in [-0.05, 0) is 13.0 Å².